The molecule has 2 saturated heterocycles. The number of ether oxygens (including phenoxy) is 6. The molecule has 2 saturated carbocycles. The second kappa shape index (κ2) is 28.1. The third-order valence-electron chi connectivity index (χ3n) is 12.9. The van der Waals surface area contributed by atoms with E-state index in [-0.39, 0.29) is 50.8 Å². The highest BCUT2D eigenvalue weighted by Crippen LogP contribution is 2.30. The number of rotatable bonds is 26. The Balaban J connectivity index is 0.987. The fraction of sp³-hybridized carbons (Fsp3) is 0.951. The molecule has 20 atom stereocenters. The molecule has 0 radical (unpaired) electrons. The summed E-state index contributed by atoms with van der Waals surface area (Å²) in [5, 5.41) is 69.0. The molecular weight excluding hydrogens is 871 g/mol. The maximum absolute atomic E-state index is 12.5. The van der Waals surface area contributed by atoms with E-state index in [1.807, 2.05) is 0 Å². The lowest BCUT2D eigenvalue weighted by Crippen LogP contribution is -2.67. The molecule has 2 aliphatic carbocycles. The average molecular weight is 954 g/mol. The van der Waals surface area contributed by atoms with Gasteiger partial charge >= 0.3 is 0 Å². The van der Waals surface area contributed by atoms with E-state index in [9.17, 15) is 40.2 Å². The number of nitrogens with two attached hydrogens (primary N) is 8. The summed E-state index contributed by atoms with van der Waals surface area (Å²) in [7, 11) is 1.70. The molecule has 2 heterocycles. The largest absolute Gasteiger partial charge is 0.389 e. The molecule has 0 spiro atoms. The Labute approximate surface area is 387 Å². The van der Waals surface area contributed by atoms with E-state index in [2.05, 4.69) is 10.6 Å². The Hall–Kier alpha value is -1.90. The summed E-state index contributed by atoms with van der Waals surface area (Å²) in [5.41, 5.74) is 48.2. The van der Waals surface area contributed by atoms with Crippen LogP contribution >= 0.6 is 0 Å². The molecule has 386 valence electrons. The van der Waals surface area contributed by atoms with Gasteiger partial charge in [0.25, 0.3) is 0 Å². The highest BCUT2D eigenvalue weighted by Gasteiger charge is 2.50. The van der Waals surface area contributed by atoms with Crippen molar-refractivity contribution in [3.8, 4) is 0 Å². The Morgan fingerprint density at radius 2 is 0.894 bits per heavy atom. The normalized spacial score (nSPS) is 39.8. The first-order valence-electron chi connectivity index (χ1n) is 23.5. The van der Waals surface area contributed by atoms with Gasteiger partial charge in [-0.2, -0.15) is 0 Å². The standard InChI is InChI=1S/C41H83N11O14/c1-52(18-26(53)50-10-6-2-4-8-12-61-38-24(16-42)63-40(28(48)32(38)57)65-36-22(46)14-20(44)30(55)34(36)59)19-27(54)51-11-7-3-5-9-13-62-39-25(17-43)64-41(29(49)33(39)58)66-37-23(47)15-21(45)31(56)35(37)60/h20-25,28-41,55-60H,2-19,42-49H2,1H3,(H,50,53)(H,51,54)/t20-,21-,22-,23-,24+,25+,28+,29+,30-,31-,32-,33-,34-,35-,36-,37-,38-,39-,40-,41-/m1/s1. The van der Waals surface area contributed by atoms with Gasteiger partial charge in [0.2, 0.25) is 11.8 Å². The molecular formula is C41H83N11O14. The molecule has 4 aliphatic rings. The van der Waals surface area contributed by atoms with E-state index in [1.165, 1.54) is 0 Å². The van der Waals surface area contributed by atoms with Crippen LogP contribution in [0.3, 0.4) is 0 Å². The SMILES string of the molecule is CN(CC(=O)NCCCCCCO[C@H]1[C@H](O)[C@H](N)[C@@H](O[C@H]2[C@H](O)[C@H](O)[C@H](N)C[C@H]2N)O[C@H]1CN)CC(=O)NCCCCCCO[C@H]1[C@H](O)[C@H](N)[C@@H](O[C@H]2[C@H](O)[C@H](O)[C@H](N)C[C@H]2N)O[C@H]1CN. The van der Waals surface area contributed by atoms with Crippen LogP contribution in [0.5, 0.6) is 0 Å². The van der Waals surface area contributed by atoms with Crippen LogP contribution in [-0.2, 0) is 38.0 Å². The number of carbonyl (C=O) groups is 2. The fourth-order valence-corrected chi connectivity index (χ4v) is 8.88. The quantitative estimate of drug-likeness (QED) is 0.0358. The van der Waals surface area contributed by atoms with Gasteiger partial charge in [0.1, 0.15) is 61.0 Å². The van der Waals surface area contributed by atoms with E-state index < -0.39 is 122 Å². The number of nitrogens with zero attached hydrogens (tertiary/aromatic N) is 1. The van der Waals surface area contributed by atoms with Crippen molar-refractivity contribution in [3.63, 3.8) is 0 Å². The Morgan fingerprint density at radius 1 is 0.530 bits per heavy atom. The minimum Gasteiger partial charge on any atom is -0.389 e. The smallest absolute Gasteiger partial charge is 0.234 e. The van der Waals surface area contributed by atoms with Crippen molar-refractivity contribution in [1.82, 2.24) is 15.5 Å². The zero-order valence-electron chi connectivity index (χ0n) is 38.3. The van der Waals surface area contributed by atoms with Gasteiger partial charge in [-0.05, 0) is 45.6 Å². The van der Waals surface area contributed by atoms with Crippen LogP contribution < -0.4 is 56.5 Å². The zero-order chi connectivity index (χ0) is 48.7. The first kappa shape index (κ1) is 56.7. The van der Waals surface area contributed by atoms with Crippen molar-refractivity contribution in [2.24, 2.45) is 45.9 Å². The monoisotopic (exact) mass is 954 g/mol. The summed E-state index contributed by atoms with van der Waals surface area (Å²) in [6, 6.07) is -4.84. The molecule has 2 amide bonds. The van der Waals surface area contributed by atoms with Gasteiger partial charge in [-0.3, -0.25) is 14.5 Å². The first-order chi connectivity index (χ1) is 31.4. The highest BCUT2D eigenvalue weighted by molar-refractivity contribution is 5.81. The van der Waals surface area contributed by atoms with Crippen LogP contribution in [0.15, 0.2) is 0 Å². The maximum Gasteiger partial charge on any atom is 0.234 e. The minimum atomic E-state index is -1.36. The van der Waals surface area contributed by atoms with Crippen molar-refractivity contribution in [1.29, 1.82) is 0 Å². The van der Waals surface area contributed by atoms with Crippen LogP contribution in [-0.4, -0.2) is 229 Å². The van der Waals surface area contributed by atoms with Crippen LogP contribution in [0.4, 0.5) is 0 Å². The van der Waals surface area contributed by atoms with Gasteiger partial charge in [-0.1, -0.05) is 25.7 Å². The topological polar surface area (TPSA) is 446 Å². The predicted molar refractivity (Wildman–Crippen MR) is 238 cm³/mol. The van der Waals surface area contributed by atoms with Gasteiger partial charge in [0.05, 0.1) is 37.4 Å². The molecule has 24 N–H and O–H groups in total. The fourth-order valence-electron chi connectivity index (χ4n) is 8.88. The Morgan fingerprint density at radius 3 is 1.26 bits per heavy atom. The lowest BCUT2D eigenvalue weighted by Gasteiger charge is -2.46. The predicted octanol–water partition coefficient (Wildman–Crippen LogP) is -7.88. The van der Waals surface area contributed by atoms with Crippen LogP contribution in [0.2, 0.25) is 0 Å². The maximum atomic E-state index is 12.5. The van der Waals surface area contributed by atoms with Gasteiger partial charge in [-0.25, -0.2) is 0 Å². The molecule has 0 aromatic rings. The number of hydrogen-bond donors (Lipinski definition) is 16. The second-order valence-electron chi connectivity index (χ2n) is 18.4. The van der Waals surface area contributed by atoms with Crippen molar-refractivity contribution in [3.05, 3.63) is 0 Å². The van der Waals surface area contributed by atoms with Gasteiger partial charge in [0.15, 0.2) is 12.6 Å². The van der Waals surface area contributed by atoms with E-state index in [4.69, 9.17) is 74.3 Å². The molecule has 0 bridgehead atoms. The van der Waals surface area contributed by atoms with Crippen LogP contribution in [0.1, 0.15) is 64.2 Å². The molecule has 4 rings (SSSR count). The number of aliphatic hydroxyl groups is 6. The molecule has 25 nitrogen and oxygen atoms in total. The van der Waals surface area contributed by atoms with Gasteiger partial charge in [-0.15, -0.1) is 0 Å². The summed E-state index contributed by atoms with van der Waals surface area (Å²) >= 11 is 0. The van der Waals surface area contributed by atoms with Crippen molar-refractivity contribution in [2.45, 2.75) is 186 Å². The van der Waals surface area contributed by atoms with Gasteiger partial charge in [0, 0.05) is 63.6 Å². The van der Waals surface area contributed by atoms with Crippen molar-refractivity contribution in [2.75, 3.05) is 59.5 Å². The number of aliphatic hydroxyl groups excluding tert-OH is 6. The zero-order valence-corrected chi connectivity index (χ0v) is 38.3. The summed E-state index contributed by atoms with van der Waals surface area (Å²) in [6.07, 6.45) is -8.45. The van der Waals surface area contributed by atoms with E-state index in [1.54, 1.807) is 11.9 Å². The van der Waals surface area contributed by atoms with E-state index >= 15 is 0 Å². The Kier molecular flexibility index (Phi) is 24.1. The number of nitrogens with one attached hydrogen (secondary N) is 2. The third kappa shape index (κ3) is 16.1. The summed E-state index contributed by atoms with van der Waals surface area (Å²) in [4.78, 5) is 26.6. The molecule has 25 heteroatoms. The number of amides is 2. The molecule has 0 unspecified atom stereocenters. The summed E-state index contributed by atoms with van der Waals surface area (Å²) in [6.45, 7) is 1.73. The van der Waals surface area contributed by atoms with Gasteiger partial charge < -0.3 is 116 Å². The van der Waals surface area contributed by atoms with Crippen molar-refractivity contribution < 1.29 is 68.6 Å². The lowest BCUT2D eigenvalue weighted by atomic mass is 9.84. The molecule has 2 aliphatic heterocycles. The Bertz CT molecular complexity index is 1320. The molecule has 4 fully saturated rings. The number of likely N-dealkylation sites (N-methyl/N-ethyl adjacent to an activating group) is 1. The van der Waals surface area contributed by atoms with E-state index in [0.717, 1.165) is 38.5 Å². The lowest BCUT2D eigenvalue weighted by molar-refractivity contribution is -0.293. The molecule has 66 heavy (non-hydrogen) atoms. The summed E-state index contributed by atoms with van der Waals surface area (Å²) < 4.78 is 35.4. The first-order valence-corrected chi connectivity index (χ1v) is 23.5. The minimum absolute atomic E-state index is 0.0101. The molecule has 0 aromatic heterocycles. The molecule has 0 aromatic carbocycles. The second-order valence-corrected chi connectivity index (χ2v) is 18.4. The average Bonchev–Trinajstić information content (AvgIpc) is 3.27. The summed E-state index contributed by atoms with van der Waals surface area (Å²) in [5.74, 6) is -0.382. The van der Waals surface area contributed by atoms with Crippen LogP contribution in [0.25, 0.3) is 0 Å². The highest BCUT2D eigenvalue weighted by atomic mass is 16.7. The van der Waals surface area contributed by atoms with Crippen LogP contribution in [0, 0.1) is 0 Å². The van der Waals surface area contributed by atoms with Crippen molar-refractivity contribution >= 4 is 11.8 Å². The third-order valence-corrected chi connectivity index (χ3v) is 12.9. The van der Waals surface area contributed by atoms with E-state index in [0.29, 0.717) is 39.1 Å². The number of hydrogen-bond acceptors (Lipinski definition) is 23. The number of carbonyl (C=O) groups excluding carboxylic acids is 2. The number of unbranched alkanes of at least 4 members (excludes halogenated alkanes) is 6.